The average molecular weight is 422 g/mol. The van der Waals surface area contributed by atoms with Crippen molar-refractivity contribution in [2.45, 2.75) is 33.2 Å². The van der Waals surface area contributed by atoms with Gasteiger partial charge in [0, 0.05) is 56.8 Å². The zero-order chi connectivity index (χ0) is 22.0. The van der Waals surface area contributed by atoms with Crippen molar-refractivity contribution in [1.29, 1.82) is 0 Å². The molecule has 8 heteroatoms. The Morgan fingerprint density at radius 1 is 1.00 bits per heavy atom. The summed E-state index contributed by atoms with van der Waals surface area (Å²) in [6, 6.07) is 12.4. The molecule has 3 heterocycles. The van der Waals surface area contributed by atoms with E-state index in [1.54, 1.807) is 0 Å². The first-order valence-electron chi connectivity index (χ1n) is 10.5. The highest BCUT2D eigenvalue weighted by molar-refractivity contribution is 6.01. The van der Waals surface area contributed by atoms with Crippen LogP contribution in [0.3, 0.4) is 0 Å². The number of hydrogen-bond acceptors (Lipinski definition) is 6. The number of aryl methyl sites for hydroxylation is 2. The highest BCUT2D eigenvalue weighted by atomic mass is 16.7. The number of amides is 3. The topological polar surface area (TPSA) is 83.0 Å². The molecule has 3 amide bonds. The number of aromatic nitrogens is 1. The first-order chi connectivity index (χ1) is 14.9. The second-order valence-electron chi connectivity index (χ2n) is 8.01. The van der Waals surface area contributed by atoms with E-state index in [-0.39, 0.29) is 12.8 Å². The second-order valence-corrected chi connectivity index (χ2v) is 8.01. The molecule has 1 aromatic carbocycles. The Hall–Kier alpha value is -3.26. The van der Waals surface area contributed by atoms with E-state index in [4.69, 9.17) is 4.84 Å². The molecule has 0 bridgehead atoms. The molecule has 0 unspecified atom stereocenters. The second kappa shape index (κ2) is 8.85. The zero-order valence-electron chi connectivity index (χ0n) is 17.8. The van der Waals surface area contributed by atoms with Gasteiger partial charge in [-0.05, 0) is 43.2 Å². The van der Waals surface area contributed by atoms with Gasteiger partial charge in [-0.3, -0.25) is 19.5 Å². The van der Waals surface area contributed by atoms with E-state index in [0.717, 1.165) is 23.5 Å². The van der Waals surface area contributed by atoms with Gasteiger partial charge in [0.25, 0.3) is 11.8 Å². The first kappa shape index (κ1) is 21.0. The number of hydroxylamine groups is 2. The molecule has 2 fully saturated rings. The van der Waals surface area contributed by atoms with Crippen molar-refractivity contribution in [2.75, 3.05) is 26.2 Å². The number of carbonyl (C=O) groups excluding carboxylic acids is 3. The molecule has 0 N–H and O–H groups in total. The van der Waals surface area contributed by atoms with Crippen molar-refractivity contribution in [3.05, 3.63) is 53.2 Å². The Kier molecular flexibility index (Phi) is 5.99. The van der Waals surface area contributed by atoms with Crippen molar-refractivity contribution >= 4 is 17.9 Å². The number of hydrogen-bond donors (Lipinski definition) is 0. The van der Waals surface area contributed by atoms with Gasteiger partial charge in [0.2, 0.25) is 0 Å². The first-order valence-corrected chi connectivity index (χ1v) is 10.5. The summed E-state index contributed by atoms with van der Waals surface area (Å²) in [5.41, 5.74) is 5.50. The van der Waals surface area contributed by atoms with Crippen LogP contribution in [0.5, 0.6) is 0 Å². The summed E-state index contributed by atoms with van der Waals surface area (Å²) in [5, 5.41) is 0.600. The maximum atomic E-state index is 12.3. The summed E-state index contributed by atoms with van der Waals surface area (Å²) >= 11 is 0. The van der Waals surface area contributed by atoms with E-state index < -0.39 is 17.9 Å². The number of imide groups is 1. The Morgan fingerprint density at radius 2 is 1.71 bits per heavy atom. The van der Waals surface area contributed by atoms with Gasteiger partial charge >= 0.3 is 6.09 Å². The molecule has 8 nitrogen and oxygen atoms in total. The van der Waals surface area contributed by atoms with Crippen LogP contribution in [-0.2, 0) is 21.0 Å². The van der Waals surface area contributed by atoms with Crippen LogP contribution in [0.1, 0.15) is 29.7 Å². The van der Waals surface area contributed by atoms with Gasteiger partial charge in [0.15, 0.2) is 0 Å². The van der Waals surface area contributed by atoms with Crippen LogP contribution in [0.25, 0.3) is 11.3 Å². The molecule has 4 rings (SSSR count). The molecular weight excluding hydrogens is 396 g/mol. The number of nitrogens with zero attached hydrogens (tertiary/aromatic N) is 4. The molecule has 2 aliphatic heterocycles. The Morgan fingerprint density at radius 3 is 2.35 bits per heavy atom. The van der Waals surface area contributed by atoms with Crippen LogP contribution in [0, 0.1) is 13.8 Å². The van der Waals surface area contributed by atoms with Crippen molar-refractivity contribution < 1.29 is 19.2 Å². The molecule has 2 saturated heterocycles. The Labute approximate surface area is 181 Å². The maximum absolute atomic E-state index is 12.3. The van der Waals surface area contributed by atoms with Crippen LogP contribution in [0.4, 0.5) is 4.79 Å². The smallest absolute Gasteiger partial charge is 0.311 e. The average Bonchev–Trinajstić information content (AvgIpc) is 3.07. The molecular formula is C23H26N4O4. The summed E-state index contributed by atoms with van der Waals surface area (Å²) in [7, 11) is 0. The lowest BCUT2D eigenvalue weighted by atomic mass is 10.0. The van der Waals surface area contributed by atoms with E-state index in [0.29, 0.717) is 31.2 Å². The third-order valence-electron chi connectivity index (χ3n) is 5.73. The van der Waals surface area contributed by atoms with E-state index >= 15 is 0 Å². The fourth-order valence-electron chi connectivity index (χ4n) is 3.86. The van der Waals surface area contributed by atoms with Crippen LogP contribution in [0.2, 0.25) is 0 Å². The lowest BCUT2D eigenvalue weighted by Gasteiger charge is -2.34. The van der Waals surface area contributed by atoms with Crippen molar-refractivity contribution in [1.82, 2.24) is 19.8 Å². The molecule has 0 saturated carbocycles. The lowest BCUT2D eigenvalue weighted by molar-refractivity contribution is -0.174. The third-order valence-corrected chi connectivity index (χ3v) is 5.73. The molecule has 0 radical (unpaired) electrons. The Balaban J connectivity index is 1.32. The van der Waals surface area contributed by atoms with Crippen LogP contribution in [-0.4, -0.2) is 63.9 Å². The monoisotopic (exact) mass is 422 g/mol. The van der Waals surface area contributed by atoms with Gasteiger partial charge in [-0.25, -0.2) is 4.79 Å². The number of rotatable bonds is 4. The van der Waals surface area contributed by atoms with Gasteiger partial charge in [-0.2, -0.15) is 0 Å². The van der Waals surface area contributed by atoms with Gasteiger partial charge < -0.3 is 9.74 Å². The summed E-state index contributed by atoms with van der Waals surface area (Å²) < 4.78 is 0. The molecule has 0 spiro atoms. The largest absolute Gasteiger partial charge is 0.434 e. The fourth-order valence-corrected chi connectivity index (χ4v) is 3.86. The highest BCUT2D eigenvalue weighted by Crippen LogP contribution is 2.22. The number of pyridine rings is 1. The predicted octanol–water partition coefficient (Wildman–Crippen LogP) is 2.68. The SMILES string of the molecule is Cc1cccc(-c2ccc(CN3CCN(C(=O)ON4C(=O)CCC4=O)CC3)c(C)c2)n1. The van der Waals surface area contributed by atoms with Gasteiger partial charge in [0.05, 0.1) is 5.69 Å². The standard InChI is InChI=1S/C23H26N4O4/c1-16-14-18(20-5-3-4-17(2)24-20)6-7-19(16)15-25-10-12-26(13-11-25)23(30)31-27-21(28)8-9-22(27)29/h3-7,14H,8-13,15H2,1-2H3. The third kappa shape index (κ3) is 4.74. The fraction of sp³-hybridized carbons (Fsp3) is 0.391. The summed E-state index contributed by atoms with van der Waals surface area (Å²) in [4.78, 5) is 49.0. The lowest BCUT2D eigenvalue weighted by Crippen LogP contribution is -2.50. The maximum Gasteiger partial charge on any atom is 0.434 e. The van der Waals surface area contributed by atoms with Crippen molar-refractivity contribution in [3.8, 4) is 11.3 Å². The highest BCUT2D eigenvalue weighted by Gasteiger charge is 2.34. The van der Waals surface area contributed by atoms with Gasteiger partial charge in [-0.15, -0.1) is 5.06 Å². The minimum absolute atomic E-state index is 0.0952. The number of carbonyl (C=O) groups is 3. The normalized spacial score (nSPS) is 17.4. The zero-order valence-corrected chi connectivity index (χ0v) is 17.8. The molecule has 0 atom stereocenters. The van der Waals surface area contributed by atoms with Crippen LogP contribution in [0.15, 0.2) is 36.4 Å². The van der Waals surface area contributed by atoms with Gasteiger partial charge in [-0.1, -0.05) is 18.2 Å². The predicted molar refractivity (Wildman–Crippen MR) is 114 cm³/mol. The molecule has 31 heavy (non-hydrogen) atoms. The van der Waals surface area contributed by atoms with E-state index in [1.807, 2.05) is 25.1 Å². The van der Waals surface area contributed by atoms with Crippen LogP contribution < -0.4 is 0 Å². The van der Waals surface area contributed by atoms with Crippen molar-refractivity contribution in [2.24, 2.45) is 0 Å². The molecule has 2 aromatic rings. The van der Waals surface area contributed by atoms with Crippen molar-refractivity contribution in [3.63, 3.8) is 0 Å². The molecule has 0 aliphatic carbocycles. The molecule has 2 aliphatic rings. The van der Waals surface area contributed by atoms with E-state index in [1.165, 1.54) is 16.0 Å². The quantitative estimate of drug-likeness (QED) is 0.705. The van der Waals surface area contributed by atoms with E-state index in [2.05, 4.69) is 35.0 Å². The summed E-state index contributed by atoms with van der Waals surface area (Å²) in [5.74, 6) is -0.923. The molecule has 1 aromatic heterocycles. The summed E-state index contributed by atoms with van der Waals surface area (Å²) in [6.07, 6.45) is -0.454. The minimum atomic E-state index is -0.644. The summed E-state index contributed by atoms with van der Waals surface area (Å²) in [6.45, 7) is 7.24. The molecule has 162 valence electrons. The Bertz CT molecular complexity index is 998. The van der Waals surface area contributed by atoms with E-state index in [9.17, 15) is 14.4 Å². The van der Waals surface area contributed by atoms with Crippen LogP contribution >= 0.6 is 0 Å². The number of benzene rings is 1. The number of piperazine rings is 1. The van der Waals surface area contributed by atoms with Gasteiger partial charge in [0.1, 0.15) is 0 Å². The minimum Gasteiger partial charge on any atom is -0.311 e.